The Bertz CT molecular complexity index is 5750. The summed E-state index contributed by atoms with van der Waals surface area (Å²) in [7, 11) is 0. The summed E-state index contributed by atoms with van der Waals surface area (Å²) in [6.07, 6.45) is 3.74. The SMILES string of the molecule is Cc1ccc2c(c1)c1cc(C)ccc1n2-c1ccc(-c2c(C#N)c(-c3ccc(-n4c5ccc(C)cc5c5cc(C)ccc54)cc3)c(-c3ccc(-n4c5ccc(C)cc5c5cc(C)ccc54)cc3)c(-c3cc(-c4ccccc4)nc(-c4ccccc4)c3)c2-c2ccncc2)cc1. The zero-order chi connectivity index (χ0) is 64.2. The first-order valence-electron chi connectivity index (χ1n) is 32.6. The molecular weight excluding hydrogens is 1150 g/mol. The Morgan fingerprint density at radius 2 is 0.537 bits per heavy atom. The molecule has 17 rings (SSSR count). The molecule has 95 heavy (non-hydrogen) atoms. The number of fused-ring (bicyclic) bond motifs is 9. The van der Waals surface area contributed by atoms with Crippen molar-refractivity contribution in [3.8, 4) is 101 Å². The fourth-order valence-electron chi connectivity index (χ4n) is 14.9. The fourth-order valence-corrected chi connectivity index (χ4v) is 14.9. The average molecular weight is 1220 g/mol. The topological polar surface area (TPSA) is 64.4 Å². The summed E-state index contributed by atoms with van der Waals surface area (Å²) >= 11 is 0. The van der Waals surface area contributed by atoms with Crippen LogP contribution in [0.5, 0.6) is 0 Å². The summed E-state index contributed by atoms with van der Waals surface area (Å²) in [5.74, 6) is 0. The van der Waals surface area contributed by atoms with E-state index in [2.05, 4.69) is 333 Å². The molecule has 0 unspecified atom stereocenters. The second kappa shape index (κ2) is 22.6. The van der Waals surface area contributed by atoms with Crippen molar-refractivity contribution in [1.82, 2.24) is 23.7 Å². The van der Waals surface area contributed by atoms with Crippen molar-refractivity contribution in [2.24, 2.45) is 0 Å². The Morgan fingerprint density at radius 3 is 0.832 bits per heavy atom. The van der Waals surface area contributed by atoms with E-state index in [-0.39, 0.29) is 0 Å². The molecule has 0 fully saturated rings. The van der Waals surface area contributed by atoms with Crippen LogP contribution >= 0.6 is 0 Å². The van der Waals surface area contributed by atoms with E-state index in [1.807, 2.05) is 12.4 Å². The molecule has 0 aliphatic heterocycles. The smallest absolute Gasteiger partial charge is 0.100 e. The summed E-state index contributed by atoms with van der Waals surface area (Å²) in [5, 5.41) is 19.9. The van der Waals surface area contributed by atoms with Crippen LogP contribution in [0.4, 0.5) is 0 Å². The van der Waals surface area contributed by atoms with Gasteiger partial charge in [0, 0.05) is 84.0 Å². The van der Waals surface area contributed by atoms with E-state index in [4.69, 9.17) is 4.98 Å². The van der Waals surface area contributed by atoms with Gasteiger partial charge in [0.25, 0.3) is 0 Å². The van der Waals surface area contributed by atoms with Crippen LogP contribution in [0.25, 0.3) is 161 Å². The van der Waals surface area contributed by atoms with Gasteiger partial charge in [-0.1, -0.05) is 167 Å². The van der Waals surface area contributed by atoms with Gasteiger partial charge < -0.3 is 13.7 Å². The minimum absolute atomic E-state index is 0.555. The van der Waals surface area contributed by atoms with Crippen LogP contribution in [0.3, 0.4) is 0 Å². The molecule has 6 heteroatoms. The lowest BCUT2D eigenvalue weighted by Crippen LogP contribution is -2.04. The standard InChI is InChI=1S/C89H64N6/c1-54-17-35-79-70(45-54)71-46-55(2)18-36-80(71)93(79)67-29-23-62(24-30-67)85-76(53-90)86(63-25-31-68(32-26-63)94-81-37-19-56(3)47-72(81)73-48-57(4)20-38-82(73)94)88(65-41-43-91-44-42-65)89(66-51-77(60-13-9-7-10-14-60)92-78(52-66)61-15-11-8-12-16-61)87(85)64-27-33-69(34-28-64)95-83-39-21-58(5)49-74(83)75-50-59(6)22-40-84(75)95/h7-52H,1-6H3. The quantitative estimate of drug-likeness (QED) is 0.137. The van der Waals surface area contributed by atoms with Gasteiger partial charge in [0.05, 0.1) is 50.1 Å². The van der Waals surface area contributed by atoms with Gasteiger partial charge in [-0.15, -0.1) is 0 Å². The number of hydrogen-bond acceptors (Lipinski definition) is 3. The summed E-state index contributed by atoms with van der Waals surface area (Å²) in [5.41, 5.74) is 30.5. The van der Waals surface area contributed by atoms with Gasteiger partial charge in [-0.2, -0.15) is 5.26 Å². The number of nitrogens with zero attached hydrogens (tertiary/aromatic N) is 6. The Morgan fingerprint density at radius 1 is 0.263 bits per heavy atom. The van der Waals surface area contributed by atoms with Crippen molar-refractivity contribution in [1.29, 1.82) is 5.26 Å². The van der Waals surface area contributed by atoms with Crippen molar-refractivity contribution in [3.05, 3.63) is 318 Å². The van der Waals surface area contributed by atoms with Crippen LogP contribution in [0.15, 0.2) is 279 Å². The van der Waals surface area contributed by atoms with Gasteiger partial charge in [-0.25, -0.2) is 4.98 Å². The highest BCUT2D eigenvalue weighted by Crippen LogP contribution is 2.54. The molecule has 0 saturated heterocycles. The van der Waals surface area contributed by atoms with E-state index in [1.165, 1.54) is 65.7 Å². The van der Waals surface area contributed by atoms with Gasteiger partial charge in [0.1, 0.15) is 6.07 Å². The largest absolute Gasteiger partial charge is 0.309 e. The monoisotopic (exact) mass is 1220 g/mol. The molecule has 0 bridgehead atoms. The first-order valence-corrected chi connectivity index (χ1v) is 32.6. The number of aryl methyl sites for hydroxylation is 6. The molecule has 0 aliphatic carbocycles. The lowest BCUT2D eigenvalue weighted by Gasteiger charge is -2.27. The van der Waals surface area contributed by atoms with Crippen LogP contribution in [0, 0.1) is 52.9 Å². The second-order valence-corrected chi connectivity index (χ2v) is 25.7. The highest BCUT2D eigenvalue weighted by Gasteiger charge is 2.30. The minimum atomic E-state index is 0.555. The number of benzene rings is 12. The lowest BCUT2D eigenvalue weighted by molar-refractivity contribution is 1.18. The molecule has 5 heterocycles. The molecule has 0 spiro atoms. The first-order chi connectivity index (χ1) is 46.5. The predicted octanol–water partition coefficient (Wildman–Crippen LogP) is 23.2. The molecule has 0 atom stereocenters. The third-order valence-electron chi connectivity index (χ3n) is 19.3. The normalized spacial score (nSPS) is 11.7. The van der Waals surface area contributed by atoms with E-state index in [9.17, 15) is 5.26 Å². The molecule has 12 aromatic carbocycles. The molecule has 0 N–H and O–H groups in total. The van der Waals surface area contributed by atoms with E-state index in [1.54, 1.807) is 0 Å². The van der Waals surface area contributed by atoms with E-state index in [0.717, 1.165) is 128 Å². The summed E-state index contributed by atoms with van der Waals surface area (Å²) in [4.78, 5) is 10.2. The molecule has 0 saturated carbocycles. The number of pyridine rings is 2. The van der Waals surface area contributed by atoms with Crippen molar-refractivity contribution >= 4 is 65.4 Å². The molecule has 0 radical (unpaired) electrons. The van der Waals surface area contributed by atoms with Crippen molar-refractivity contribution in [2.45, 2.75) is 41.5 Å². The highest BCUT2D eigenvalue weighted by atomic mass is 15.0. The summed E-state index contributed by atoms with van der Waals surface area (Å²) in [6.45, 7) is 13.0. The number of aromatic nitrogens is 5. The van der Waals surface area contributed by atoms with Gasteiger partial charge in [0.15, 0.2) is 0 Å². The highest BCUT2D eigenvalue weighted by molar-refractivity contribution is 6.14. The molecule has 5 aromatic heterocycles. The van der Waals surface area contributed by atoms with Crippen molar-refractivity contribution in [3.63, 3.8) is 0 Å². The zero-order valence-electron chi connectivity index (χ0n) is 53.7. The fraction of sp³-hybridized carbons (Fsp3) is 0.0674. The minimum Gasteiger partial charge on any atom is -0.309 e. The number of rotatable bonds is 10. The Labute approximate surface area is 552 Å². The van der Waals surface area contributed by atoms with E-state index >= 15 is 0 Å². The lowest BCUT2D eigenvalue weighted by atomic mass is 9.75. The molecular formula is C89H64N6. The Hall–Kier alpha value is -12.2. The maximum atomic E-state index is 12.6. The number of nitriles is 1. The molecule has 6 nitrogen and oxygen atoms in total. The van der Waals surface area contributed by atoms with Gasteiger partial charge in [-0.3, -0.25) is 4.98 Å². The van der Waals surface area contributed by atoms with Gasteiger partial charge in [-0.05, 0) is 220 Å². The van der Waals surface area contributed by atoms with Gasteiger partial charge >= 0.3 is 0 Å². The maximum absolute atomic E-state index is 12.6. The average Bonchev–Trinajstić information content (AvgIpc) is 1.25. The maximum Gasteiger partial charge on any atom is 0.100 e. The zero-order valence-corrected chi connectivity index (χ0v) is 53.7. The number of hydrogen-bond donors (Lipinski definition) is 0. The third kappa shape index (κ3) is 9.54. The predicted molar refractivity (Wildman–Crippen MR) is 396 cm³/mol. The van der Waals surface area contributed by atoms with E-state index < -0.39 is 0 Å². The van der Waals surface area contributed by atoms with Crippen LogP contribution in [0.2, 0.25) is 0 Å². The van der Waals surface area contributed by atoms with E-state index in [0.29, 0.717) is 5.56 Å². The molecule has 17 aromatic rings. The molecule has 0 amide bonds. The molecule has 450 valence electrons. The van der Waals surface area contributed by atoms with Crippen LogP contribution in [-0.2, 0) is 0 Å². The Balaban J connectivity index is 0.993. The van der Waals surface area contributed by atoms with Crippen LogP contribution in [0.1, 0.15) is 38.9 Å². The van der Waals surface area contributed by atoms with Crippen LogP contribution in [-0.4, -0.2) is 23.7 Å². The van der Waals surface area contributed by atoms with Crippen molar-refractivity contribution in [2.75, 3.05) is 0 Å². The first kappa shape index (κ1) is 56.8. The second-order valence-electron chi connectivity index (χ2n) is 25.7. The third-order valence-corrected chi connectivity index (χ3v) is 19.3. The summed E-state index contributed by atoms with van der Waals surface area (Å²) in [6, 6.07) is 100. The molecule has 0 aliphatic rings. The van der Waals surface area contributed by atoms with Gasteiger partial charge in [0.2, 0.25) is 0 Å². The Kier molecular flexibility index (Phi) is 13.5. The summed E-state index contributed by atoms with van der Waals surface area (Å²) < 4.78 is 7.15. The van der Waals surface area contributed by atoms with Crippen molar-refractivity contribution < 1.29 is 0 Å². The van der Waals surface area contributed by atoms with Crippen LogP contribution < -0.4 is 0 Å².